The van der Waals surface area contributed by atoms with E-state index in [1.807, 2.05) is 19.1 Å². The average Bonchev–Trinajstić information content (AvgIpc) is 2.76. The SMILES string of the molecule is CCOC(=O)c1cc(N)ccc1N1CCC(C)C1. The summed E-state index contributed by atoms with van der Waals surface area (Å²) < 4.78 is 5.09. The van der Waals surface area contributed by atoms with Crippen molar-refractivity contribution < 1.29 is 9.53 Å². The third-order valence-electron chi connectivity index (χ3n) is 3.28. The summed E-state index contributed by atoms with van der Waals surface area (Å²) >= 11 is 0. The number of nitrogens with two attached hydrogens (primary N) is 1. The van der Waals surface area contributed by atoms with Gasteiger partial charge in [-0.15, -0.1) is 0 Å². The minimum atomic E-state index is -0.292. The lowest BCUT2D eigenvalue weighted by molar-refractivity contribution is 0.0527. The van der Waals surface area contributed by atoms with Crippen LogP contribution in [0.5, 0.6) is 0 Å². The fraction of sp³-hybridized carbons (Fsp3) is 0.500. The van der Waals surface area contributed by atoms with Gasteiger partial charge < -0.3 is 15.4 Å². The number of nitrogens with zero attached hydrogens (tertiary/aromatic N) is 1. The molecule has 1 aromatic rings. The molecule has 98 valence electrons. The Kier molecular flexibility index (Phi) is 3.75. The number of hydrogen-bond donors (Lipinski definition) is 1. The predicted molar refractivity (Wildman–Crippen MR) is 72.8 cm³/mol. The summed E-state index contributed by atoms with van der Waals surface area (Å²) in [6.45, 7) is 6.38. The van der Waals surface area contributed by atoms with E-state index >= 15 is 0 Å². The molecule has 1 unspecified atom stereocenters. The van der Waals surface area contributed by atoms with E-state index in [2.05, 4.69) is 11.8 Å². The van der Waals surface area contributed by atoms with Gasteiger partial charge in [-0.1, -0.05) is 6.92 Å². The summed E-state index contributed by atoms with van der Waals surface area (Å²) in [5.74, 6) is 0.372. The quantitative estimate of drug-likeness (QED) is 0.658. The Morgan fingerprint density at radius 3 is 2.94 bits per heavy atom. The first-order chi connectivity index (χ1) is 8.61. The van der Waals surface area contributed by atoms with Gasteiger partial charge in [0.25, 0.3) is 0 Å². The van der Waals surface area contributed by atoms with Crippen molar-refractivity contribution in [2.75, 3.05) is 30.3 Å². The number of anilines is 2. The van der Waals surface area contributed by atoms with Crippen LogP contribution in [-0.4, -0.2) is 25.7 Å². The Labute approximate surface area is 108 Å². The van der Waals surface area contributed by atoms with Crippen LogP contribution in [0.25, 0.3) is 0 Å². The molecule has 0 radical (unpaired) electrons. The van der Waals surface area contributed by atoms with Gasteiger partial charge in [-0.3, -0.25) is 0 Å². The molecule has 2 rings (SSSR count). The number of benzene rings is 1. The molecule has 1 heterocycles. The molecule has 2 N–H and O–H groups in total. The minimum Gasteiger partial charge on any atom is -0.462 e. The number of hydrogen-bond acceptors (Lipinski definition) is 4. The molecule has 1 aliphatic rings. The molecular formula is C14H20N2O2. The summed E-state index contributed by atoms with van der Waals surface area (Å²) in [4.78, 5) is 14.2. The molecule has 0 aromatic heterocycles. The van der Waals surface area contributed by atoms with Crippen molar-refractivity contribution in [1.82, 2.24) is 0 Å². The largest absolute Gasteiger partial charge is 0.462 e. The molecule has 4 heteroatoms. The summed E-state index contributed by atoms with van der Waals surface area (Å²) in [6, 6.07) is 5.46. The summed E-state index contributed by atoms with van der Waals surface area (Å²) in [5.41, 5.74) is 7.86. The molecule has 0 spiro atoms. The Bertz CT molecular complexity index is 445. The zero-order valence-corrected chi connectivity index (χ0v) is 11.0. The molecule has 1 fully saturated rings. The lowest BCUT2D eigenvalue weighted by Crippen LogP contribution is -2.22. The lowest BCUT2D eigenvalue weighted by atomic mass is 10.1. The van der Waals surface area contributed by atoms with E-state index in [0.717, 1.165) is 25.2 Å². The molecule has 1 aliphatic heterocycles. The normalized spacial score (nSPS) is 19.0. The van der Waals surface area contributed by atoms with Crippen molar-refractivity contribution >= 4 is 17.3 Å². The smallest absolute Gasteiger partial charge is 0.340 e. The lowest BCUT2D eigenvalue weighted by Gasteiger charge is -2.21. The van der Waals surface area contributed by atoms with Crippen LogP contribution in [0.2, 0.25) is 0 Å². The second kappa shape index (κ2) is 5.29. The van der Waals surface area contributed by atoms with Crippen LogP contribution in [0.1, 0.15) is 30.6 Å². The summed E-state index contributed by atoms with van der Waals surface area (Å²) in [6.07, 6.45) is 1.16. The Hall–Kier alpha value is -1.71. The molecule has 1 aromatic carbocycles. The third-order valence-corrected chi connectivity index (χ3v) is 3.28. The first-order valence-electron chi connectivity index (χ1n) is 6.43. The Morgan fingerprint density at radius 2 is 2.33 bits per heavy atom. The van der Waals surface area contributed by atoms with Crippen LogP contribution < -0.4 is 10.6 Å². The van der Waals surface area contributed by atoms with Crippen molar-refractivity contribution in [3.63, 3.8) is 0 Å². The number of carbonyl (C=O) groups excluding carboxylic acids is 1. The van der Waals surface area contributed by atoms with Gasteiger partial charge in [0.05, 0.1) is 17.9 Å². The number of esters is 1. The highest BCUT2D eigenvalue weighted by atomic mass is 16.5. The molecule has 0 aliphatic carbocycles. The van der Waals surface area contributed by atoms with Crippen LogP contribution in [0, 0.1) is 5.92 Å². The van der Waals surface area contributed by atoms with E-state index in [1.54, 1.807) is 6.07 Å². The van der Waals surface area contributed by atoms with E-state index < -0.39 is 0 Å². The van der Waals surface area contributed by atoms with Gasteiger partial charge in [-0.25, -0.2) is 4.79 Å². The second-order valence-electron chi connectivity index (χ2n) is 4.84. The van der Waals surface area contributed by atoms with E-state index in [9.17, 15) is 4.79 Å². The van der Waals surface area contributed by atoms with Crippen molar-refractivity contribution in [3.05, 3.63) is 23.8 Å². The van der Waals surface area contributed by atoms with Gasteiger partial charge in [0.15, 0.2) is 0 Å². The second-order valence-corrected chi connectivity index (χ2v) is 4.84. The zero-order chi connectivity index (χ0) is 13.1. The molecule has 1 atom stereocenters. The van der Waals surface area contributed by atoms with Crippen molar-refractivity contribution in [3.8, 4) is 0 Å². The van der Waals surface area contributed by atoms with Crippen LogP contribution in [-0.2, 0) is 4.74 Å². The molecule has 18 heavy (non-hydrogen) atoms. The average molecular weight is 248 g/mol. The monoisotopic (exact) mass is 248 g/mol. The minimum absolute atomic E-state index is 0.292. The van der Waals surface area contributed by atoms with Crippen molar-refractivity contribution in [1.29, 1.82) is 0 Å². The van der Waals surface area contributed by atoms with E-state index in [4.69, 9.17) is 10.5 Å². The maximum atomic E-state index is 12.0. The highest BCUT2D eigenvalue weighted by Crippen LogP contribution is 2.29. The first-order valence-corrected chi connectivity index (χ1v) is 6.43. The maximum absolute atomic E-state index is 12.0. The molecule has 4 nitrogen and oxygen atoms in total. The highest BCUT2D eigenvalue weighted by Gasteiger charge is 2.23. The highest BCUT2D eigenvalue weighted by molar-refractivity contribution is 5.97. The fourth-order valence-corrected chi connectivity index (χ4v) is 2.36. The number of nitrogen functional groups attached to an aromatic ring is 1. The number of rotatable bonds is 3. The molecule has 1 saturated heterocycles. The Balaban J connectivity index is 2.31. The van der Waals surface area contributed by atoms with Crippen molar-refractivity contribution in [2.24, 2.45) is 5.92 Å². The maximum Gasteiger partial charge on any atom is 0.340 e. The van der Waals surface area contributed by atoms with Crippen LogP contribution in [0.3, 0.4) is 0 Å². The van der Waals surface area contributed by atoms with Gasteiger partial charge in [-0.2, -0.15) is 0 Å². The third kappa shape index (κ3) is 2.58. The molecule has 0 amide bonds. The fourth-order valence-electron chi connectivity index (χ4n) is 2.36. The zero-order valence-electron chi connectivity index (χ0n) is 11.0. The van der Waals surface area contributed by atoms with Gasteiger partial charge in [0, 0.05) is 18.8 Å². The van der Waals surface area contributed by atoms with Crippen LogP contribution >= 0.6 is 0 Å². The van der Waals surface area contributed by atoms with Gasteiger partial charge >= 0.3 is 5.97 Å². The van der Waals surface area contributed by atoms with Crippen LogP contribution in [0.4, 0.5) is 11.4 Å². The first kappa shape index (κ1) is 12.7. The number of carbonyl (C=O) groups is 1. The summed E-state index contributed by atoms with van der Waals surface area (Å²) in [7, 11) is 0. The molecule has 0 bridgehead atoms. The Morgan fingerprint density at radius 1 is 1.56 bits per heavy atom. The van der Waals surface area contributed by atoms with E-state index in [1.165, 1.54) is 0 Å². The van der Waals surface area contributed by atoms with Gasteiger partial charge in [-0.05, 0) is 37.5 Å². The van der Waals surface area contributed by atoms with Crippen molar-refractivity contribution in [2.45, 2.75) is 20.3 Å². The van der Waals surface area contributed by atoms with E-state index in [-0.39, 0.29) is 5.97 Å². The predicted octanol–water partition coefficient (Wildman–Crippen LogP) is 2.29. The summed E-state index contributed by atoms with van der Waals surface area (Å²) in [5, 5.41) is 0. The van der Waals surface area contributed by atoms with Crippen LogP contribution in [0.15, 0.2) is 18.2 Å². The molecular weight excluding hydrogens is 228 g/mol. The van der Waals surface area contributed by atoms with Gasteiger partial charge in [0.2, 0.25) is 0 Å². The standard InChI is InChI=1S/C14H20N2O2/c1-3-18-14(17)12-8-11(15)4-5-13(12)16-7-6-10(2)9-16/h4-5,8,10H,3,6-7,9,15H2,1-2H3. The topological polar surface area (TPSA) is 55.6 Å². The van der Waals surface area contributed by atoms with Gasteiger partial charge in [0.1, 0.15) is 0 Å². The molecule has 0 saturated carbocycles. The van der Waals surface area contributed by atoms with E-state index in [0.29, 0.717) is 23.8 Å². The number of ether oxygens (including phenoxy) is 1.